The van der Waals surface area contributed by atoms with E-state index >= 15 is 0 Å². The van der Waals surface area contributed by atoms with E-state index in [0.717, 1.165) is 18.4 Å². The zero-order chi connectivity index (χ0) is 13.1. The van der Waals surface area contributed by atoms with Crippen molar-refractivity contribution in [2.75, 3.05) is 12.3 Å². The normalized spacial score (nSPS) is 10.8. The number of carbonyl (C=O) groups is 1. The minimum Gasteiger partial charge on any atom is -0.461 e. The number of aryl methyl sites for hydroxylation is 1. The van der Waals surface area contributed by atoms with E-state index in [4.69, 9.17) is 10.5 Å². The minimum absolute atomic E-state index is 0.279. The first-order valence-electron chi connectivity index (χ1n) is 5.88. The predicted octanol–water partition coefficient (Wildman–Crippen LogP) is 1.51. The van der Waals surface area contributed by atoms with Gasteiger partial charge in [-0.15, -0.1) is 0 Å². The predicted molar refractivity (Wildman–Crippen MR) is 68.1 cm³/mol. The van der Waals surface area contributed by atoms with Gasteiger partial charge in [0.15, 0.2) is 5.69 Å². The molecule has 2 rings (SSSR count). The first kappa shape index (κ1) is 12.3. The minimum atomic E-state index is -0.412. The van der Waals surface area contributed by atoms with E-state index in [2.05, 4.69) is 9.97 Å². The van der Waals surface area contributed by atoms with E-state index in [-0.39, 0.29) is 5.69 Å². The molecule has 0 atom stereocenters. The van der Waals surface area contributed by atoms with Gasteiger partial charge in [-0.2, -0.15) is 0 Å². The molecule has 0 unspecified atom stereocenters. The van der Waals surface area contributed by atoms with E-state index in [0.29, 0.717) is 18.1 Å². The molecule has 2 aromatic rings. The SMILES string of the molecule is CCCCOC(=O)c1cc2c(cn1)nc(N)n2C. The molecule has 0 aliphatic carbocycles. The Morgan fingerprint density at radius 1 is 1.56 bits per heavy atom. The number of ether oxygens (including phenoxy) is 1. The van der Waals surface area contributed by atoms with Crippen molar-refractivity contribution >= 4 is 23.0 Å². The van der Waals surface area contributed by atoms with Gasteiger partial charge in [0.05, 0.1) is 18.3 Å². The molecule has 96 valence electrons. The molecule has 0 saturated carbocycles. The van der Waals surface area contributed by atoms with Gasteiger partial charge in [0.25, 0.3) is 0 Å². The molecule has 0 radical (unpaired) electrons. The third-order valence-electron chi connectivity index (χ3n) is 2.74. The molecule has 6 heteroatoms. The summed E-state index contributed by atoms with van der Waals surface area (Å²) < 4.78 is 6.81. The van der Waals surface area contributed by atoms with Crippen molar-refractivity contribution in [3.8, 4) is 0 Å². The van der Waals surface area contributed by atoms with Crippen LogP contribution in [-0.4, -0.2) is 27.1 Å². The number of fused-ring (bicyclic) bond motifs is 1. The molecule has 18 heavy (non-hydrogen) atoms. The number of aromatic nitrogens is 3. The van der Waals surface area contributed by atoms with Crippen LogP contribution in [0.4, 0.5) is 5.95 Å². The summed E-state index contributed by atoms with van der Waals surface area (Å²) in [5.74, 6) is -0.0200. The van der Waals surface area contributed by atoms with Crippen LogP contribution in [0.3, 0.4) is 0 Å². The van der Waals surface area contributed by atoms with E-state index < -0.39 is 5.97 Å². The summed E-state index contributed by atoms with van der Waals surface area (Å²) in [7, 11) is 1.79. The molecule has 0 spiro atoms. The molecule has 0 saturated heterocycles. The number of esters is 1. The Morgan fingerprint density at radius 2 is 2.33 bits per heavy atom. The van der Waals surface area contributed by atoms with E-state index in [9.17, 15) is 4.79 Å². The number of unbranched alkanes of at least 4 members (excludes halogenated alkanes) is 1. The Kier molecular flexibility index (Phi) is 3.45. The fourth-order valence-electron chi connectivity index (χ4n) is 1.61. The maximum Gasteiger partial charge on any atom is 0.356 e. The molecule has 6 nitrogen and oxygen atoms in total. The van der Waals surface area contributed by atoms with Crippen molar-refractivity contribution in [2.24, 2.45) is 7.05 Å². The number of carbonyl (C=O) groups excluding carboxylic acids is 1. The molecule has 0 aromatic carbocycles. The molecule has 0 aliphatic heterocycles. The summed E-state index contributed by atoms with van der Waals surface area (Å²) >= 11 is 0. The summed E-state index contributed by atoms with van der Waals surface area (Å²) in [6.45, 7) is 2.46. The Balaban J connectivity index is 2.24. The number of nitrogens with zero attached hydrogens (tertiary/aromatic N) is 3. The van der Waals surface area contributed by atoms with Crippen LogP contribution in [-0.2, 0) is 11.8 Å². The smallest absolute Gasteiger partial charge is 0.356 e. The van der Waals surface area contributed by atoms with Gasteiger partial charge in [0.1, 0.15) is 5.52 Å². The number of hydrogen-bond acceptors (Lipinski definition) is 5. The highest BCUT2D eigenvalue weighted by Gasteiger charge is 2.12. The zero-order valence-electron chi connectivity index (χ0n) is 10.5. The molecule has 0 bridgehead atoms. The number of rotatable bonds is 4. The van der Waals surface area contributed by atoms with Crippen molar-refractivity contribution in [1.29, 1.82) is 0 Å². The quantitative estimate of drug-likeness (QED) is 0.655. The standard InChI is InChI=1S/C12H16N4O2/c1-3-4-5-18-11(17)8-6-10-9(7-14-8)15-12(13)16(10)2/h6-7H,3-5H2,1-2H3,(H2,13,15). The molecular weight excluding hydrogens is 232 g/mol. The van der Waals surface area contributed by atoms with Gasteiger partial charge in [-0.1, -0.05) is 13.3 Å². The van der Waals surface area contributed by atoms with Crippen molar-refractivity contribution in [1.82, 2.24) is 14.5 Å². The van der Waals surface area contributed by atoms with Gasteiger partial charge in [0, 0.05) is 7.05 Å². The van der Waals surface area contributed by atoms with Crippen molar-refractivity contribution in [2.45, 2.75) is 19.8 Å². The van der Waals surface area contributed by atoms with E-state index in [1.54, 1.807) is 17.7 Å². The van der Waals surface area contributed by atoms with Crippen LogP contribution in [0.2, 0.25) is 0 Å². The first-order valence-corrected chi connectivity index (χ1v) is 5.88. The lowest BCUT2D eigenvalue weighted by Gasteiger charge is -2.03. The van der Waals surface area contributed by atoms with Crippen LogP contribution in [0.15, 0.2) is 12.3 Å². The summed E-state index contributed by atoms with van der Waals surface area (Å²) in [6, 6.07) is 1.65. The number of hydrogen-bond donors (Lipinski definition) is 1. The van der Waals surface area contributed by atoms with Crippen molar-refractivity contribution in [3.05, 3.63) is 18.0 Å². The maximum atomic E-state index is 11.7. The lowest BCUT2D eigenvalue weighted by Crippen LogP contribution is -2.08. The second-order valence-corrected chi connectivity index (χ2v) is 4.08. The molecule has 0 aliphatic rings. The number of nitrogen functional groups attached to an aromatic ring is 1. The van der Waals surface area contributed by atoms with Crippen molar-refractivity contribution in [3.63, 3.8) is 0 Å². The van der Waals surface area contributed by atoms with Crippen molar-refractivity contribution < 1.29 is 9.53 Å². The van der Waals surface area contributed by atoms with Gasteiger partial charge in [-0.05, 0) is 12.5 Å². The summed E-state index contributed by atoms with van der Waals surface area (Å²) in [4.78, 5) is 19.9. The summed E-state index contributed by atoms with van der Waals surface area (Å²) in [5.41, 5.74) is 7.40. The van der Waals surface area contributed by atoms with E-state index in [1.165, 1.54) is 6.20 Å². The van der Waals surface area contributed by atoms with Gasteiger partial charge in [-0.25, -0.2) is 14.8 Å². The molecule has 2 N–H and O–H groups in total. The topological polar surface area (TPSA) is 83.0 Å². The van der Waals surface area contributed by atoms with Gasteiger partial charge in [0.2, 0.25) is 5.95 Å². The van der Waals surface area contributed by atoms with Gasteiger partial charge in [-0.3, -0.25) is 0 Å². The third-order valence-corrected chi connectivity index (χ3v) is 2.74. The lowest BCUT2D eigenvalue weighted by atomic mass is 10.3. The molecule has 0 amide bonds. The highest BCUT2D eigenvalue weighted by molar-refractivity contribution is 5.91. The van der Waals surface area contributed by atoms with Crippen LogP contribution < -0.4 is 5.73 Å². The summed E-state index contributed by atoms with van der Waals surface area (Å²) in [6.07, 6.45) is 3.37. The van der Waals surface area contributed by atoms with Crippen LogP contribution >= 0.6 is 0 Å². The van der Waals surface area contributed by atoms with Crippen LogP contribution in [0.25, 0.3) is 11.0 Å². The summed E-state index contributed by atoms with van der Waals surface area (Å²) in [5, 5.41) is 0. The van der Waals surface area contributed by atoms with Gasteiger partial charge < -0.3 is 15.0 Å². The lowest BCUT2D eigenvalue weighted by molar-refractivity contribution is 0.0493. The second kappa shape index (κ2) is 5.03. The Morgan fingerprint density at radius 3 is 3.06 bits per heavy atom. The second-order valence-electron chi connectivity index (χ2n) is 4.08. The average molecular weight is 248 g/mol. The fourth-order valence-corrected chi connectivity index (χ4v) is 1.61. The number of anilines is 1. The fraction of sp³-hybridized carbons (Fsp3) is 0.417. The number of pyridine rings is 1. The number of imidazole rings is 1. The van der Waals surface area contributed by atoms with Gasteiger partial charge >= 0.3 is 5.97 Å². The van der Waals surface area contributed by atoms with Crippen LogP contribution in [0.5, 0.6) is 0 Å². The van der Waals surface area contributed by atoms with Crippen LogP contribution in [0.1, 0.15) is 30.3 Å². The Hall–Kier alpha value is -2.11. The average Bonchev–Trinajstić information content (AvgIpc) is 2.65. The van der Waals surface area contributed by atoms with Crippen LogP contribution in [0, 0.1) is 0 Å². The molecular formula is C12H16N4O2. The first-order chi connectivity index (χ1) is 8.63. The highest BCUT2D eigenvalue weighted by atomic mass is 16.5. The molecule has 0 fully saturated rings. The molecule has 2 aromatic heterocycles. The van der Waals surface area contributed by atoms with E-state index in [1.807, 2.05) is 6.92 Å². The zero-order valence-corrected chi connectivity index (χ0v) is 10.5. The maximum absolute atomic E-state index is 11.7. The molecule has 2 heterocycles. The monoisotopic (exact) mass is 248 g/mol. The number of nitrogens with two attached hydrogens (primary N) is 1. The Labute approximate surface area is 105 Å². The third kappa shape index (κ3) is 2.27. The Bertz CT molecular complexity index is 577. The highest BCUT2D eigenvalue weighted by Crippen LogP contribution is 2.16. The largest absolute Gasteiger partial charge is 0.461 e.